The Morgan fingerprint density at radius 1 is 1.22 bits per heavy atom. The quantitative estimate of drug-likeness (QED) is 0.731. The number of piperidine rings is 1. The van der Waals surface area contributed by atoms with E-state index < -0.39 is 0 Å². The van der Waals surface area contributed by atoms with Crippen molar-refractivity contribution in [2.45, 2.75) is 18.8 Å². The molecule has 122 valence electrons. The van der Waals surface area contributed by atoms with Gasteiger partial charge in [0.2, 0.25) is 0 Å². The molecule has 0 bridgehead atoms. The van der Waals surface area contributed by atoms with Crippen LogP contribution in [0.5, 0.6) is 5.75 Å². The number of hydrogen-bond donors (Lipinski definition) is 0. The molecule has 1 aromatic heterocycles. The lowest BCUT2D eigenvalue weighted by atomic mass is 9.88. The van der Waals surface area contributed by atoms with Crippen LogP contribution in [-0.2, 0) is 0 Å². The number of hydrogen-bond acceptors (Lipinski definition) is 3. The van der Waals surface area contributed by atoms with Gasteiger partial charge in [-0.15, -0.1) is 0 Å². The Balaban J connectivity index is 1.78. The molecule has 6 heteroatoms. The van der Waals surface area contributed by atoms with Gasteiger partial charge in [0, 0.05) is 24.8 Å². The maximum absolute atomic E-state index is 14.2. The standard InChI is InChI=1S/C17H17Cl2FN2O/c1-23-14-4-2-3-12(20)15(14)11-6-9-22(10-7-11)13-5-8-21-17(19)16(13)18/h2-5,8,11H,6-7,9-10H2,1H3. The Kier molecular flexibility index (Phi) is 4.93. The van der Waals surface area contributed by atoms with Crippen LogP contribution in [0, 0.1) is 5.82 Å². The molecule has 0 unspecified atom stereocenters. The minimum Gasteiger partial charge on any atom is -0.496 e. The minimum absolute atomic E-state index is 0.137. The fraction of sp³-hybridized carbons (Fsp3) is 0.353. The monoisotopic (exact) mass is 354 g/mol. The minimum atomic E-state index is -0.201. The lowest BCUT2D eigenvalue weighted by molar-refractivity contribution is 0.388. The predicted molar refractivity (Wildman–Crippen MR) is 91.4 cm³/mol. The first-order chi connectivity index (χ1) is 11.1. The van der Waals surface area contributed by atoms with E-state index in [4.69, 9.17) is 27.9 Å². The molecule has 1 aromatic carbocycles. The molecular weight excluding hydrogens is 338 g/mol. The molecule has 1 saturated heterocycles. The number of rotatable bonds is 3. The molecule has 0 amide bonds. The van der Waals surface area contributed by atoms with E-state index in [9.17, 15) is 4.39 Å². The topological polar surface area (TPSA) is 25.4 Å². The lowest BCUT2D eigenvalue weighted by Gasteiger charge is -2.34. The average Bonchev–Trinajstić information content (AvgIpc) is 2.57. The fourth-order valence-electron chi connectivity index (χ4n) is 3.15. The zero-order valence-corrected chi connectivity index (χ0v) is 14.2. The van der Waals surface area contributed by atoms with Gasteiger partial charge in [0.1, 0.15) is 21.7 Å². The van der Waals surface area contributed by atoms with Crippen LogP contribution in [-0.4, -0.2) is 25.2 Å². The van der Waals surface area contributed by atoms with Gasteiger partial charge in [-0.25, -0.2) is 9.37 Å². The van der Waals surface area contributed by atoms with Crippen LogP contribution >= 0.6 is 23.2 Å². The summed E-state index contributed by atoms with van der Waals surface area (Å²) in [5.41, 5.74) is 1.55. The maximum Gasteiger partial charge on any atom is 0.149 e. The van der Waals surface area contributed by atoms with E-state index in [1.807, 2.05) is 12.1 Å². The maximum atomic E-state index is 14.2. The average molecular weight is 355 g/mol. The van der Waals surface area contributed by atoms with Crippen LogP contribution in [0.2, 0.25) is 10.2 Å². The third kappa shape index (κ3) is 3.24. The molecule has 0 N–H and O–H groups in total. The second kappa shape index (κ2) is 6.93. The molecule has 1 fully saturated rings. The molecule has 0 spiro atoms. The van der Waals surface area contributed by atoms with Gasteiger partial charge in [0.25, 0.3) is 0 Å². The van der Waals surface area contributed by atoms with Gasteiger partial charge in [0.05, 0.1) is 12.8 Å². The highest BCUT2D eigenvalue weighted by molar-refractivity contribution is 6.42. The van der Waals surface area contributed by atoms with Gasteiger partial charge in [-0.2, -0.15) is 0 Å². The summed E-state index contributed by atoms with van der Waals surface area (Å²) >= 11 is 12.2. The molecule has 3 nitrogen and oxygen atoms in total. The normalized spacial score (nSPS) is 15.7. The van der Waals surface area contributed by atoms with E-state index in [2.05, 4.69) is 9.88 Å². The van der Waals surface area contributed by atoms with Gasteiger partial charge in [-0.1, -0.05) is 29.3 Å². The second-order valence-corrected chi connectivity index (χ2v) is 6.29. The Bertz CT molecular complexity index is 703. The van der Waals surface area contributed by atoms with Crippen molar-refractivity contribution in [1.29, 1.82) is 0 Å². The molecule has 0 atom stereocenters. The number of ether oxygens (including phenoxy) is 1. The van der Waals surface area contributed by atoms with Crippen LogP contribution < -0.4 is 9.64 Å². The summed E-state index contributed by atoms with van der Waals surface area (Å²) in [6, 6.07) is 6.83. The fourth-order valence-corrected chi connectivity index (χ4v) is 3.54. The van der Waals surface area contributed by atoms with Gasteiger partial charge in [-0.05, 0) is 37.0 Å². The molecule has 23 heavy (non-hydrogen) atoms. The third-order valence-electron chi connectivity index (χ3n) is 4.30. The number of pyridine rings is 1. The number of aromatic nitrogens is 1. The van der Waals surface area contributed by atoms with Crippen molar-refractivity contribution < 1.29 is 9.13 Å². The zero-order valence-electron chi connectivity index (χ0n) is 12.7. The van der Waals surface area contributed by atoms with E-state index >= 15 is 0 Å². The second-order valence-electron chi connectivity index (χ2n) is 5.55. The molecule has 1 aliphatic heterocycles. The van der Waals surface area contributed by atoms with Crippen molar-refractivity contribution in [1.82, 2.24) is 4.98 Å². The van der Waals surface area contributed by atoms with Gasteiger partial charge in [-0.3, -0.25) is 0 Å². The van der Waals surface area contributed by atoms with Crippen molar-refractivity contribution in [3.05, 3.63) is 52.0 Å². The number of benzene rings is 1. The number of halogens is 3. The van der Waals surface area contributed by atoms with E-state index in [1.165, 1.54) is 6.07 Å². The smallest absolute Gasteiger partial charge is 0.149 e. The van der Waals surface area contributed by atoms with Crippen LogP contribution in [0.3, 0.4) is 0 Å². The van der Waals surface area contributed by atoms with Gasteiger partial charge in [0.15, 0.2) is 0 Å². The van der Waals surface area contributed by atoms with Crippen molar-refractivity contribution in [3.63, 3.8) is 0 Å². The summed E-state index contributed by atoms with van der Waals surface area (Å²) in [6.07, 6.45) is 3.30. The molecule has 0 radical (unpaired) electrons. The highest BCUT2D eigenvalue weighted by Crippen LogP contribution is 2.39. The lowest BCUT2D eigenvalue weighted by Crippen LogP contribution is -2.33. The Morgan fingerprint density at radius 2 is 1.96 bits per heavy atom. The summed E-state index contributed by atoms with van der Waals surface area (Å²) in [7, 11) is 1.58. The first kappa shape index (κ1) is 16.3. The Morgan fingerprint density at radius 3 is 2.65 bits per heavy atom. The summed E-state index contributed by atoms with van der Waals surface area (Å²) in [4.78, 5) is 6.14. The predicted octanol–water partition coefficient (Wildman–Crippen LogP) is 4.92. The molecule has 3 rings (SSSR count). The van der Waals surface area contributed by atoms with Crippen molar-refractivity contribution in [2.24, 2.45) is 0 Å². The molecule has 0 aliphatic carbocycles. The largest absolute Gasteiger partial charge is 0.496 e. The highest BCUT2D eigenvalue weighted by Gasteiger charge is 2.26. The molecule has 1 aliphatic rings. The first-order valence-corrected chi connectivity index (χ1v) is 8.24. The van der Waals surface area contributed by atoms with E-state index in [0.29, 0.717) is 21.5 Å². The Hall–Kier alpha value is -1.52. The highest BCUT2D eigenvalue weighted by atomic mass is 35.5. The van der Waals surface area contributed by atoms with Gasteiger partial charge < -0.3 is 9.64 Å². The number of anilines is 1. The molecule has 2 heterocycles. The van der Waals surface area contributed by atoms with Crippen LogP contribution in [0.15, 0.2) is 30.5 Å². The van der Waals surface area contributed by atoms with Crippen LogP contribution in [0.4, 0.5) is 10.1 Å². The molecule has 0 saturated carbocycles. The number of methoxy groups -OCH3 is 1. The van der Waals surface area contributed by atoms with Gasteiger partial charge >= 0.3 is 0 Å². The third-order valence-corrected chi connectivity index (χ3v) is 5.06. The summed E-state index contributed by atoms with van der Waals surface area (Å²) in [6.45, 7) is 1.56. The van der Waals surface area contributed by atoms with Crippen molar-refractivity contribution >= 4 is 28.9 Å². The SMILES string of the molecule is COc1cccc(F)c1C1CCN(c2ccnc(Cl)c2Cl)CC1. The Labute approximate surface area is 145 Å². The summed E-state index contributed by atoms with van der Waals surface area (Å²) < 4.78 is 19.5. The van der Waals surface area contributed by atoms with E-state index in [0.717, 1.165) is 31.6 Å². The van der Waals surface area contributed by atoms with Crippen LogP contribution in [0.25, 0.3) is 0 Å². The van der Waals surface area contributed by atoms with Crippen molar-refractivity contribution in [3.8, 4) is 5.75 Å². The van der Waals surface area contributed by atoms with Crippen LogP contribution in [0.1, 0.15) is 24.3 Å². The summed E-state index contributed by atoms with van der Waals surface area (Å²) in [5.74, 6) is 0.555. The molecule has 2 aromatic rings. The molecular formula is C17H17Cl2FN2O. The summed E-state index contributed by atoms with van der Waals surface area (Å²) in [5, 5.41) is 0.776. The van der Waals surface area contributed by atoms with E-state index in [-0.39, 0.29) is 11.7 Å². The zero-order chi connectivity index (χ0) is 16.4. The number of nitrogens with zero attached hydrogens (tertiary/aromatic N) is 2. The first-order valence-electron chi connectivity index (χ1n) is 7.49. The van der Waals surface area contributed by atoms with E-state index in [1.54, 1.807) is 19.4 Å². The van der Waals surface area contributed by atoms with Crippen molar-refractivity contribution in [2.75, 3.05) is 25.1 Å².